The first-order valence-corrected chi connectivity index (χ1v) is 8.95. The second kappa shape index (κ2) is 9.87. The first-order chi connectivity index (χ1) is 12.9. The molecule has 1 aromatic heterocycles. The van der Waals surface area contributed by atoms with Crippen LogP contribution < -0.4 is 5.32 Å². The standard InChI is InChI=1S/C19H21ClN2O5/c1-3-26-18(24)5-4-8-21-17(23)11-27-19(25)15-10-13-9-14(20)6-7-16(13)22-12(15)2/h6-7,9-10H,3-5,8,11H2,1-2H3,(H,21,23). The Morgan fingerprint density at radius 1 is 1.19 bits per heavy atom. The minimum Gasteiger partial charge on any atom is -0.466 e. The van der Waals surface area contributed by atoms with Gasteiger partial charge in [-0.05, 0) is 44.5 Å². The van der Waals surface area contributed by atoms with Gasteiger partial charge in [-0.2, -0.15) is 0 Å². The highest BCUT2D eigenvalue weighted by Gasteiger charge is 2.15. The van der Waals surface area contributed by atoms with Crippen LogP contribution in [0.4, 0.5) is 0 Å². The second-order valence-corrected chi connectivity index (χ2v) is 6.23. The number of nitrogens with zero attached hydrogens (tertiary/aromatic N) is 1. The Bertz CT molecular complexity index is 853. The van der Waals surface area contributed by atoms with Gasteiger partial charge in [-0.15, -0.1) is 0 Å². The molecule has 8 heteroatoms. The van der Waals surface area contributed by atoms with E-state index in [9.17, 15) is 14.4 Å². The Kier molecular flexibility index (Phi) is 7.55. The lowest BCUT2D eigenvalue weighted by Gasteiger charge is -2.09. The van der Waals surface area contributed by atoms with E-state index in [-0.39, 0.29) is 18.0 Å². The Balaban J connectivity index is 1.84. The molecule has 0 unspecified atom stereocenters. The zero-order valence-corrected chi connectivity index (χ0v) is 16.0. The number of fused-ring (bicyclic) bond motifs is 1. The number of carbonyl (C=O) groups is 3. The predicted molar refractivity (Wildman–Crippen MR) is 101 cm³/mol. The van der Waals surface area contributed by atoms with Crippen molar-refractivity contribution in [1.82, 2.24) is 10.3 Å². The number of nitrogens with one attached hydrogen (secondary N) is 1. The van der Waals surface area contributed by atoms with Gasteiger partial charge in [0.2, 0.25) is 0 Å². The van der Waals surface area contributed by atoms with Crippen molar-refractivity contribution < 1.29 is 23.9 Å². The summed E-state index contributed by atoms with van der Waals surface area (Å²) in [5, 5.41) is 3.83. The number of pyridine rings is 1. The molecule has 144 valence electrons. The molecule has 0 aliphatic carbocycles. The Hall–Kier alpha value is -2.67. The van der Waals surface area contributed by atoms with Gasteiger partial charge in [-0.3, -0.25) is 14.6 Å². The van der Waals surface area contributed by atoms with Gasteiger partial charge in [-0.1, -0.05) is 11.6 Å². The molecule has 0 aliphatic rings. The van der Waals surface area contributed by atoms with Crippen molar-refractivity contribution in [3.8, 4) is 0 Å². The molecule has 1 aromatic carbocycles. The number of rotatable bonds is 8. The van der Waals surface area contributed by atoms with Gasteiger partial charge in [0.1, 0.15) is 0 Å². The summed E-state index contributed by atoms with van der Waals surface area (Å²) >= 11 is 5.96. The number of aromatic nitrogens is 1. The molecule has 0 fully saturated rings. The van der Waals surface area contributed by atoms with Crippen LogP contribution in [-0.4, -0.2) is 42.6 Å². The molecule has 0 saturated heterocycles. The molecule has 7 nitrogen and oxygen atoms in total. The second-order valence-electron chi connectivity index (χ2n) is 5.79. The maximum absolute atomic E-state index is 12.3. The molecule has 0 bridgehead atoms. The van der Waals surface area contributed by atoms with Crippen molar-refractivity contribution in [2.24, 2.45) is 0 Å². The molecule has 0 radical (unpaired) electrons. The summed E-state index contributed by atoms with van der Waals surface area (Å²) in [5.74, 6) is -1.39. The number of halogens is 1. The van der Waals surface area contributed by atoms with Crippen LogP contribution in [0.2, 0.25) is 5.02 Å². The van der Waals surface area contributed by atoms with Crippen molar-refractivity contribution in [3.63, 3.8) is 0 Å². The fourth-order valence-corrected chi connectivity index (χ4v) is 2.58. The molecule has 1 heterocycles. The third-order valence-corrected chi connectivity index (χ3v) is 3.94. The zero-order valence-electron chi connectivity index (χ0n) is 15.2. The number of ether oxygens (including phenoxy) is 2. The van der Waals surface area contributed by atoms with Crippen molar-refractivity contribution in [2.45, 2.75) is 26.7 Å². The third kappa shape index (κ3) is 6.21. The molecule has 0 saturated carbocycles. The van der Waals surface area contributed by atoms with Crippen LogP contribution in [0.1, 0.15) is 35.8 Å². The SMILES string of the molecule is CCOC(=O)CCCNC(=O)COC(=O)c1cc2cc(Cl)ccc2nc1C. The Morgan fingerprint density at radius 2 is 1.96 bits per heavy atom. The quantitative estimate of drug-likeness (QED) is 0.548. The third-order valence-electron chi connectivity index (χ3n) is 3.71. The Morgan fingerprint density at radius 3 is 2.70 bits per heavy atom. The van der Waals surface area contributed by atoms with Crippen molar-refractivity contribution in [2.75, 3.05) is 19.8 Å². The summed E-state index contributed by atoms with van der Waals surface area (Å²) in [7, 11) is 0. The number of hydrogen-bond acceptors (Lipinski definition) is 6. The van der Waals surface area contributed by atoms with E-state index >= 15 is 0 Å². The molecular formula is C19H21ClN2O5. The van der Waals surface area contributed by atoms with E-state index in [1.807, 2.05) is 0 Å². The first-order valence-electron chi connectivity index (χ1n) is 8.57. The van der Waals surface area contributed by atoms with Gasteiger partial charge >= 0.3 is 11.9 Å². The van der Waals surface area contributed by atoms with Crippen LogP contribution >= 0.6 is 11.6 Å². The summed E-state index contributed by atoms with van der Waals surface area (Å²) in [6, 6.07) is 6.84. The molecule has 2 aromatic rings. The number of amides is 1. The average Bonchev–Trinajstić information content (AvgIpc) is 2.63. The van der Waals surface area contributed by atoms with E-state index in [2.05, 4.69) is 10.3 Å². The highest BCUT2D eigenvalue weighted by atomic mass is 35.5. The van der Waals surface area contributed by atoms with Gasteiger partial charge < -0.3 is 14.8 Å². The van der Waals surface area contributed by atoms with Crippen molar-refractivity contribution in [3.05, 3.63) is 40.5 Å². The van der Waals surface area contributed by atoms with Crippen LogP contribution in [0.5, 0.6) is 0 Å². The Labute approximate surface area is 162 Å². The van der Waals surface area contributed by atoms with E-state index in [0.29, 0.717) is 41.2 Å². The van der Waals surface area contributed by atoms with Crippen LogP contribution in [0.3, 0.4) is 0 Å². The van der Waals surface area contributed by atoms with E-state index in [0.717, 1.165) is 0 Å². The molecule has 0 aliphatic heterocycles. The lowest BCUT2D eigenvalue weighted by atomic mass is 10.1. The maximum Gasteiger partial charge on any atom is 0.340 e. The molecule has 27 heavy (non-hydrogen) atoms. The summed E-state index contributed by atoms with van der Waals surface area (Å²) in [6.45, 7) is 3.64. The fraction of sp³-hybridized carbons (Fsp3) is 0.368. The molecule has 0 atom stereocenters. The number of esters is 2. The van der Waals surface area contributed by atoms with Crippen LogP contribution in [0.15, 0.2) is 24.3 Å². The molecule has 0 spiro atoms. The molecule has 1 amide bonds. The number of aryl methyl sites for hydroxylation is 1. The number of carbonyl (C=O) groups excluding carboxylic acids is 3. The fourth-order valence-electron chi connectivity index (χ4n) is 2.40. The van der Waals surface area contributed by atoms with E-state index < -0.39 is 18.5 Å². The largest absolute Gasteiger partial charge is 0.466 e. The van der Waals surface area contributed by atoms with Gasteiger partial charge in [0.25, 0.3) is 5.91 Å². The minimum absolute atomic E-state index is 0.221. The minimum atomic E-state index is -0.636. The predicted octanol–water partition coefficient (Wildman–Crippen LogP) is 2.81. The van der Waals surface area contributed by atoms with Gasteiger partial charge in [-0.25, -0.2) is 4.79 Å². The van der Waals surface area contributed by atoms with Gasteiger partial charge in [0.15, 0.2) is 6.61 Å². The maximum atomic E-state index is 12.3. The van der Waals surface area contributed by atoms with E-state index in [1.165, 1.54) is 0 Å². The lowest BCUT2D eigenvalue weighted by Crippen LogP contribution is -2.30. The summed E-state index contributed by atoms with van der Waals surface area (Å²) < 4.78 is 9.84. The zero-order chi connectivity index (χ0) is 19.8. The highest BCUT2D eigenvalue weighted by Crippen LogP contribution is 2.21. The number of benzene rings is 1. The van der Waals surface area contributed by atoms with Crippen LogP contribution in [-0.2, 0) is 19.1 Å². The molecule has 1 N–H and O–H groups in total. The summed E-state index contributed by atoms with van der Waals surface area (Å²) in [5.41, 5.74) is 1.50. The molecular weight excluding hydrogens is 372 g/mol. The van der Waals surface area contributed by atoms with E-state index in [4.69, 9.17) is 21.1 Å². The first kappa shape index (κ1) is 20.6. The lowest BCUT2D eigenvalue weighted by molar-refractivity contribution is -0.143. The summed E-state index contributed by atoms with van der Waals surface area (Å²) in [4.78, 5) is 39.5. The molecule has 2 rings (SSSR count). The summed E-state index contributed by atoms with van der Waals surface area (Å²) in [6.07, 6.45) is 0.672. The monoisotopic (exact) mass is 392 g/mol. The average molecular weight is 393 g/mol. The number of hydrogen-bond donors (Lipinski definition) is 1. The normalized spacial score (nSPS) is 10.5. The topological polar surface area (TPSA) is 94.6 Å². The highest BCUT2D eigenvalue weighted by molar-refractivity contribution is 6.31. The van der Waals surface area contributed by atoms with E-state index in [1.54, 1.807) is 38.1 Å². The van der Waals surface area contributed by atoms with Crippen LogP contribution in [0.25, 0.3) is 10.9 Å². The van der Waals surface area contributed by atoms with Gasteiger partial charge in [0, 0.05) is 23.4 Å². The van der Waals surface area contributed by atoms with Crippen molar-refractivity contribution in [1.29, 1.82) is 0 Å². The van der Waals surface area contributed by atoms with Crippen LogP contribution in [0, 0.1) is 6.92 Å². The van der Waals surface area contributed by atoms with Gasteiger partial charge in [0.05, 0.1) is 23.4 Å². The van der Waals surface area contributed by atoms with Crippen molar-refractivity contribution >= 4 is 40.3 Å². The smallest absolute Gasteiger partial charge is 0.340 e.